The van der Waals surface area contributed by atoms with Crippen molar-refractivity contribution < 1.29 is 19.4 Å². The van der Waals surface area contributed by atoms with E-state index in [0.29, 0.717) is 19.3 Å². The van der Waals surface area contributed by atoms with E-state index in [0.717, 1.165) is 25.7 Å². The molecule has 3 rings (SSSR count). The molecule has 0 aromatic carbocycles. The fraction of sp³-hybridized carbons (Fsp3) is 0.762. The Balaban J connectivity index is 1.94. The second-order valence-electron chi connectivity index (χ2n) is 8.85. The molecule has 0 aromatic rings. The third-order valence-corrected chi connectivity index (χ3v) is 7.84. The molecule has 5 nitrogen and oxygen atoms in total. The Bertz CT molecular complexity index is 678. The molecule has 2 fully saturated rings. The van der Waals surface area contributed by atoms with Crippen LogP contribution in [-0.4, -0.2) is 24.0 Å². The van der Waals surface area contributed by atoms with Gasteiger partial charge in [-0.05, 0) is 55.3 Å². The molecule has 0 saturated heterocycles. The lowest BCUT2D eigenvalue weighted by Crippen LogP contribution is -2.49. The zero-order chi connectivity index (χ0) is 19.1. The summed E-state index contributed by atoms with van der Waals surface area (Å²) in [5.74, 6) is 0.457. The van der Waals surface area contributed by atoms with Crippen molar-refractivity contribution in [1.82, 2.24) is 0 Å². The molecular formula is C21H29NO4. The van der Waals surface area contributed by atoms with Gasteiger partial charge in [-0.3, -0.25) is 9.59 Å². The van der Waals surface area contributed by atoms with Gasteiger partial charge in [0.2, 0.25) is 0 Å². The Kier molecular flexibility index (Phi) is 4.90. The molecule has 0 aliphatic heterocycles. The summed E-state index contributed by atoms with van der Waals surface area (Å²) < 4.78 is 5.04. The van der Waals surface area contributed by atoms with Gasteiger partial charge in [0.05, 0.1) is 19.1 Å². The Morgan fingerprint density at radius 1 is 1.31 bits per heavy atom. The lowest BCUT2D eigenvalue weighted by Gasteiger charge is -2.53. The number of aliphatic hydroxyl groups is 1. The molecule has 0 unspecified atom stereocenters. The van der Waals surface area contributed by atoms with Crippen molar-refractivity contribution in [2.45, 2.75) is 58.8 Å². The maximum Gasteiger partial charge on any atom is 0.309 e. The van der Waals surface area contributed by atoms with E-state index in [2.05, 4.69) is 13.0 Å². The number of carbonyl (C=O) groups excluding carboxylic acids is 2. The summed E-state index contributed by atoms with van der Waals surface area (Å²) in [7, 11) is 1.44. The summed E-state index contributed by atoms with van der Waals surface area (Å²) >= 11 is 0. The van der Waals surface area contributed by atoms with E-state index < -0.39 is 5.41 Å². The third-order valence-electron chi connectivity index (χ3n) is 7.84. The van der Waals surface area contributed by atoms with Gasteiger partial charge in [0, 0.05) is 24.3 Å². The number of methoxy groups -OCH3 is 1. The quantitative estimate of drug-likeness (QED) is 0.771. The number of ether oxygens (including phenoxy) is 1. The van der Waals surface area contributed by atoms with Crippen LogP contribution < -0.4 is 0 Å². The van der Waals surface area contributed by atoms with Crippen LogP contribution >= 0.6 is 0 Å². The number of esters is 1. The fourth-order valence-electron chi connectivity index (χ4n) is 6.27. The zero-order valence-electron chi connectivity index (χ0n) is 16.0. The first-order chi connectivity index (χ1) is 12.3. The Morgan fingerprint density at radius 3 is 2.65 bits per heavy atom. The maximum absolute atomic E-state index is 12.3. The van der Waals surface area contributed by atoms with Gasteiger partial charge in [0.15, 0.2) is 5.78 Å². The van der Waals surface area contributed by atoms with E-state index in [-0.39, 0.29) is 46.6 Å². The number of nitrogens with zero attached hydrogens (tertiary/aromatic N) is 1. The molecule has 0 radical (unpaired) electrons. The normalized spacial score (nSPS) is 42.5. The third kappa shape index (κ3) is 2.74. The fourth-order valence-corrected chi connectivity index (χ4v) is 6.27. The van der Waals surface area contributed by atoms with Crippen LogP contribution in [0.4, 0.5) is 0 Å². The predicted molar refractivity (Wildman–Crippen MR) is 95.8 cm³/mol. The van der Waals surface area contributed by atoms with E-state index in [9.17, 15) is 20.0 Å². The molecule has 5 heteroatoms. The summed E-state index contributed by atoms with van der Waals surface area (Å²) in [6, 6.07) is 2.35. The van der Waals surface area contributed by atoms with Crippen LogP contribution in [-0.2, 0) is 14.3 Å². The second-order valence-corrected chi connectivity index (χ2v) is 8.85. The maximum atomic E-state index is 12.3. The number of aliphatic hydroxyl groups excluding tert-OH is 1. The number of carbonyl (C=O) groups is 2. The smallest absolute Gasteiger partial charge is 0.309 e. The van der Waals surface area contributed by atoms with E-state index in [1.54, 1.807) is 0 Å². The highest BCUT2D eigenvalue weighted by Gasteiger charge is 2.59. The van der Waals surface area contributed by atoms with Gasteiger partial charge in [-0.1, -0.05) is 13.8 Å². The second kappa shape index (κ2) is 6.72. The molecule has 0 bridgehead atoms. The standard InChI is InChI=1S/C21H29NO4/c1-20-10-7-16(21(2)9-6-13(23)12-18(21)24)14(8-11-22)15(20)4-5-17(20)19(25)26-3/h12,14-17,24H,4-10H2,1-3H3/t14-,15-,16-,17+,20-,21+/m0/s1. The van der Waals surface area contributed by atoms with Crippen molar-refractivity contribution in [3.05, 3.63) is 11.8 Å². The van der Waals surface area contributed by atoms with Crippen molar-refractivity contribution in [2.24, 2.45) is 34.5 Å². The average molecular weight is 359 g/mol. The zero-order valence-corrected chi connectivity index (χ0v) is 16.0. The molecule has 0 aromatic heterocycles. The van der Waals surface area contributed by atoms with Crippen molar-refractivity contribution in [3.63, 3.8) is 0 Å². The van der Waals surface area contributed by atoms with Gasteiger partial charge in [-0.2, -0.15) is 5.26 Å². The van der Waals surface area contributed by atoms with Crippen molar-refractivity contribution >= 4 is 11.8 Å². The van der Waals surface area contributed by atoms with Gasteiger partial charge in [-0.25, -0.2) is 0 Å². The summed E-state index contributed by atoms with van der Waals surface area (Å²) in [5.41, 5.74) is -0.606. The molecule has 1 N–H and O–H groups in total. The highest BCUT2D eigenvalue weighted by Crippen LogP contribution is 2.63. The van der Waals surface area contributed by atoms with Crippen LogP contribution in [0.5, 0.6) is 0 Å². The molecule has 2 saturated carbocycles. The molecule has 3 aliphatic carbocycles. The summed E-state index contributed by atoms with van der Waals surface area (Å²) in [6.07, 6.45) is 6.35. The highest BCUT2D eigenvalue weighted by molar-refractivity contribution is 5.91. The summed E-state index contributed by atoms with van der Waals surface area (Å²) in [4.78, 5) is 24.0. The molecule has 0 spiro atoms. The first kappa shape index (κ1) is 18.9. The first-order valence-corrected chi connectivity index (χ1v) is 9.66. The number of nitriles is 1. The molecule has 142 valence electrons. The topological polar surface area (TPSA) is 87.4 Å². The van der Waals surface area contributed by atoms with Crippen LogP contribution in [0.25, 0.3) is 0 Å². The SMILES string of the molecule is COC(=O)[C@H]1CC[C@H]2[C@H](CC#N)[C@@H]([C@@]3(C)CCC(=O)C=C3O)CC[C@]12C. The number of hydrogen-bond donors (Lipinski definition) is 1. The summed E-state index contributed by atoms with van der Waals surface area (Å²) in [5, 5.41) is 20.1. The van der Waals surface area contributed by atoms with E-state index >= 15 is 0 Å². The van der Waals surface area contributed by atoms with E-state index in [1.807, 2.05) is 6.92 Å². The molecular weight excluding hydrogens is 330 g/mol. The van der Waals surface area contributed by atoms with Gasteiger partial charge in [-0.15, -0.1) is 0 Å². The molecule has 3 aliphatic rings. The van der Waals surface area contributed by atoms with Gasteiger partial charge < -0.3 is 9.84 Å². The minimum Gasteiger partial charge on any atom is -0.512 e. The van der Waals surface area contributed by atoms with Crippen molar-refractivity contribution in [1.29, 1.82) is 5.26 Å². The van der Waals surface area contributed by atoms with Crippen LogP contribution in [0.3, 0.4) is 0 Å². The van der Waals surface area contributed by atoms with Gasteiger partial charge in [0.1, 0.15) is 5.76 Å². The minimum atomic E-state index is -0.458. The van der Waals surface area contributed by atoms with Crippen molar-refractivity contribution in [2.75, 3.05) is 7.11 Å². The Morgan fingerprint density at radius 2 is 2.04 bits per heavy atom. The Hall–Kier alpha value is -1.83. The Labute approximate surface area is 155 Å². The van der Waals surface area contributed by atoms with Crippen LogP contribution in [0.1, 0.15) is 58.8 Å². The average Bonchev–Trinajstić information content (AvgIpc) is 2.96. The molecule has 26 heavy (non-hydrogen) atoms. The lowest BCUT2D eigenvalue weighted by atomic mass is 9.51. The largest absolute Gasteiger partial charge is 0.512 e. The molecule has 6 atom stereocenters. The highest BCUT2D eigenvalue weighted by atomic mass is 16.5. The van der Waals surface area contributed by atoms with Crippen LogP contribution in [0.15, 0.2) is 11.8 Å². The monoisotopic (exact) mass is 359 g/mol. The van der Waals surface area contributed by atoms with Crippen molar-refractivity contribution in [3.8, 4) is 6.07 Å². The van der Waals surface area contributed by atoms with Gasteiger partial charge in [0.25, 0.3) is 0 Å². The summed E-state index contributed by atoms with van der Waals surface area (Å²) in [6.45, 7) is 4.21. The number of allylic oxidation sites excluding steroid dienone is 2. The number of fused-ring (bicyclic) bond motifs is 1. The van der Waals surface area contributed by atoms with Crippen LogP contribution in [0, 0.1) is 45.8 Å². The predicted octanol–water partition coefficient (Wildman–Crippen LogP) is 3.94. The minimum absolute atomic E-state index is 0.0240. The molecule has 0 amide bonds. The lowest BCUT2D eigenvalue weighted by molar-refractivity contribution is -0.152. The first-order valence-electron chi connectivity index (χ1n) is 9.66. The van der Waals surface area contributed by atoms with Gasteiger partial charge >= 0.3 is 5.97 Å². The van der Waals surface area contributed by atoms with E-state index in [1.165, 1.54) is 13.2 Å². The van der Waals surface area contributed by atoms with E-state index in [4.69, 9.17) is 4.74 Å². The number of ketones is 1. The molecule has 0 heterocycles. The number of hydrogen-bond acceptors (Lipinski definition) is 5. The number of rotatable bonds is 3. The van der Waals surface area contributed by atoms with Crippen LogP contribution in [0.2, 0.25) is 0 Å².